The van der Waals surface area contributed by atoms with Gasteiger partial charge in [0.05, 0.1) is 0 Å². The number of benzene rings is 2. The van der Waals surface area contributed by atoms with E-state index in [2.05, 4.69) is 26.2 Å². The number of aryl methyl sites for hydroxylation is 1. The van der Waals surface area contributed by atoms with Crippen LogP contribution in [0.1, 0.15) is 15.9 Å². The third kappa shape index (κ3) is 2.81. The molecule has 0 spiro atoms. The lowest BCUT2D eigenvalue weighted by Gasteiger charge is -2.08. The zero-order valence-electron chi connectivity index (χ0n) is 11.4. The number of nitrogens with one attached hydrogen (secondary N) is 1. The topological polar surface area (TPSA) is 42.0 Å². The van der Waals surface area contributed by atoms with Crippen molar-refractivity contribution in [2.75, 3.05) is 5.32 Å². The van der Waals surface area contributed by atoms with Crippen LogP contribution in [0.25, 0.3) is 10.8 Å². The van der Waals surface area contributed by atoms with Crippen molar-refractivity contribution < 1.29 is 4.79 Å². The first-order valence-electron chi connectivity index (χ1n) is 6.56. The quantitative estimate of drug-likeness (QED) is 0.743. The van der Waals surface area contributed by atoms with Crippen LogP contribution in [0, 0.1) is 6.92 Å². The van der Waals surface area contributed by atoms with Crippen LogP contribution in [0.5, 0.6) is 0 Å². The largest absolute Gasteiger partial charge is 0.307 e. The van der Waals surface area contributed by atoms with E-state index in [1.54, 1.807) is 6.20 Å². The Labute approximate surface area is 131 Å². The van der Waals surface area contributed by atoms with Gasteiger partial charge >= 0.3 is 0 Å². The molecule has 0 saturated carbocycles. The maximum Gasteiger partial charge on any atom is 0.257 e. The van der Waals surface area contributed by atoms with Crippen molar-refractivity contribution in [1.29, 1.82) is 0 Å². The predicted molar refractivity (Wildman–Crippen MR) is 88.6 cm³/mol. The first kappa shape index (κ1) is 13.8. The van der Waals surface area contributed by atoms with Gasteiger partial charge in [-0.3, -0.25) is 4.79 Å². The van der Waals surface area contributed by atoms with Crippen LogP contribution in [0.3, 0.4) is 0 Å². The number of aromatic nitrogens is 1. The zero-order chi connectivity index (χ0) is 14.8. The Morgan fingerprint density at radius 1 is 1.14 bits per heavy atom. The average molecular weight is 341 g/mol. The van der Waals surface area contributed by atoms with Gasteiger partial charge in [0.2, 0.25) is 0 Å². The molecule has 1 N–H and O–H groups in total. The summed E-state index contributed by atoms with van der Waals surface area (Å²) in [5.41, 5.74) is 1.67. The molecule has 3 nitrogen and oxygen atoms in total. The molecule has 3 aromatic rings. The third-order valence-corrected chi connectivity index (χ3v) is 4.15. The van der Waals surface area contributed by atoms with Gasteiger partial charge in [-0.2, -0.15) is 0 Å². The van der Waals surface area contributed by atoms with Crippen LogP contribution in [-0.2, 0) is 0 Å². The Morgan fingerprint density at radius 3 is 2.71 bits per heavy atom. The van der Waals surface area contributed by atoms with E-state index >= 15 is 0 Å². The van der Waals surface area contributed by atoms with Gasteiger partial charge in [0.25, 0.3) is 5.91 Å². The van der Waals surface area contributed by atoms with E-state index in [0.717, 1.165) is 20.8 Å². The Hall–Kier alpha value is -2.20. The number of carbonyl (C=O) groups is 1. The molecule has 0 aliphatic carbocycles. The molecular formula is C17H13BrN2O. The molecule has 104 valence electrons. The number of amides is 1. The number of anilines is 1. The molecule has 0 aliphatic heterocycles. The number of hydrogen-bond acceptors (Lipinski definition) is 2. The Bertz CT molecular complexity index is 825. The van der Waals surface area contributed by atoms with Gasteiger partial charge in [0.1, 0.15) is 5.82 Å². The van der Waals surface area contributed by atoms with E-state index in [1.807, 2.05) is 55.5 Å². The Kier molecular flexibility index (Phi) is 3.71. The molecule has 3 rings (SSSR count). The van der Waals surface area contributed by atoms with Crippen LogP contribution < -0.4 is 5.32 Å². The SMILES string of the molecule is Cc1cc(NC(=O)c2cccc3ccccc23)ncc1Br. The van der Waals surface area contributed by atoms with Crippen molar-refractivity contribution in [3.05, 3.63) is 70.3 Å². The molecular weight excluding hydrogens is 328 g/mol. The molecule has 0 fully saturated rings. The minimum Gasteiger partial charge on any atom is -0.307 e. The van der Waals surface area contributed by atoms with E-state index in [4.69, 9.17) is 0 Å². The normalized spacial score (nSPS) is 10.6. The molecule has 0 saturated heterocycles. The molecule has 0 atom stereocenters. The molecule has 0 bridgehead atoms. The first-order chi connectivity index (χ1) is 10.1. The summed E-state index contributed by atoms with van der Waals surface area (Å²) in [5.74, 6) is 0.398. The van der Waals surface area contributed by atoms with Gasteiger partial charge in [-0.25, -0.2) is 4.98 Å². The van der Waals surface area contributed by atoms with E-state index in [1.165, 1.54) is 0 Å². The third-order valence-electron chi connectivity index (χ3n) is 3.32. The van der Waals surface area contributed by atoms with Gasteiger partial charge in [-0.05, 0) is 51.3 Å². The van der Waals surface area contributed by atoms with Crippen LogP contribution in [0.2, 0.25) is 0 Å². The van der Waals surface area contributed by atoms with Crippen molar-refractivity contribution in [1.82, 2.24) is 4.98 Å². The fourth-order valence-corrected chi connectivity index (χ4v) is 2.43. The average Bonchev–Trinajstić information content (AvgIpc) is 2.50. The van der Waals surface area contributed by atoms with Crippen LogP contribution in [-0.4, -0.2) is 10.9 Å². The van der Waals surface area contributed by atoms with E-state index < -0.39 is 0 Å². The van der Waals surface area contributed by atoms with Crippen molar-refractivity contribution in [3.63, 3.8) is 0 Å². The maximum atomic E-state index is 12.5. The van der Waals surface area contributed by atoms with E-state index in [0.29, 0.717) is 11.4 Å². The van der Waals surface area contributed by atoms with E-state index in [-0.39, 0.29) is 5.91 Å². The highest BCUT2D eigenvalue weighted by Crippen LogP contribution is 2.21. The molecule has 0 radical (unpaired) electrons. The van der Waals surface area contributed by atoms with Gasteiger partial charge in [0, 0.05) is 16.2 Å². The van der Waals surface area contributed by atoms with Crippen molar-refractivity contribution in [2.45, 2.75) is 6.92 Å². The van der Waals surface area contributed by atoms with Gasteiger partial charge in [-0.15, -0.1) is 0 Å². The predicted octanol–water partition coefficient (Wildman–Crippen LogP) is 4.56. The van der Waals surface area contributed by atoms with Crippen LogP contribution in [0.15, 0.2) is 59.2 Å². The number of hydrogen-bond donors (Lipinski definition) is 1. The second-order valence-electron chi connectivity index (χ2n) is 4.80. The maximum absolute atomic E-state index is 12.5. The van der Waals surface area contributed by atoms with Crippen LogP contribution >= 0.6 is 15.9 Å². The van der Waals surface area contributed by atoms with E-state index in [9.17, 15) is 4.79 Å². The number of rotatable bonds is 2. The fraction of sp³-hybridized carbons (Fsp3) is 0.0588. The van der Waals surface area contributed by atoms with Crippen molar-refractivity contribution in [2.24, 2.45) is 0 Å². The lowest BCUT2D eigenvalue weighted by molar-refractivity contribution is 0.102. The highest BCUT2D eigenvalue weighted by atomic mass is 79.9. The first-order valence-corrected chi connectivity index (χ1v) is 7.36. The second-order valence-corrected chi connectivity index (χ2v) is 5.65. The monoisotopic (exact) mass is 340 g/mol. The van der Waals surface area contributed by atoms with Gasteiger partial charge in [-0.1, -0.05) is 36.4 Å². The summed E-state index contributed by atoms with van der Waals surface area (Å²) in [6, 6.07) is 15.4. The molecule has 4 heteroatoms. The summed E-state index contributed by atoms with van der Waals surface area (Å²) in [4.78, 5) is 16.7. The number of fused-ring (bicyclic) bond motifs is 1. The zero-order valence-corrected chi connectivity index (χ0v) is 13.0. The van der Waals surface area contributed by atoms with Crippen molar-refractivity contribution >= 4 is 38.4 Å². The van der Waals surface area contributed by atoms with Crippen LogP contribution in [0.4, 0.5) is 5.82 Å². The minimum atomic E-state index is -0.152. The summed E-state index contributed by atoms with van der Waals surface area (Å²) in [6.45, 7) is 1.96. The fourth-order valence-electron chi connectivity index (χ4n) is 2.21. The minimum absolute atomic E-state index is 0.152. The molecule has 2 aromatic carbocycles. The molecule has 1 aromatic heterocycles. The highest BCUT2D eigenvalue weighted by molar-refractivity contribution is 9.10. The van der Waals surface area contributed by atoms with Gasteiger partial charge < -0.3 is 5.32 Å². The lowest BCUT2D eigenvalue weighted by atomic mass is 10.0. The summed E-state index contributed by atoms with van der Waals surface area (Å²) in [5, 5.41) is 4.83. The number of nitrogens with zero attached hydrogens (tertiary/aromatic N) is 1. The standard InChI is InChI=1S/C17H13BrN2O/c1-11-9-16(19-10-15(11)18)20-17(21)14-8-4-6-12-5-2-3-7-13(12)14/h2-10H,1H3,(H,19,20,21). The molecule has 0 aliphatic rings. The molecule has 1 amide bonds. The summed E-state index contributed by atoms with van der Waals surface area (Å²) in [6.07, 6.45) is 1.69. The number of halogens is 1. The number of pyridine rings is 1. The molecule has 21 heavy (non-hydrogen) atoms. The Balaban J connectivity index is 1.95. The van der Waals surface area contributed by atoms with Gasteiger partial charge in [0.15, 0.2) is 0 Å². The smallest absolute Gasteiger partial charge is 0.257 e. The Morgan fingerprint density at radius 2 is 1.90 bits per heavy atom. The lowest BCUT2D eigenvalue weighted by Crippen LogP contribution is -2.13. The molecule has 1 heterocycles. The molecule has 0 unspecified atom stereocenters. The second kappa shape index (κ2) is 5.66. The summed E-state index contributed by atoms with van der Waals surface area (Å²) < 4.78 is 0.922. The number of carbonyl (C=O) groups excluding carboxylic acids is 1. The van der Waals surface area contributed by atoms with Crippen molar-refractivity contribution in [3.8, 4) is 0 Å². The summed E-state index contributed by atoms with van der Waals surface area (Å²) >= 11 is 3.40. The highest BCUT2D eigenvalue weighted by Gasteiger charge is 2.10. The summed E-state index contributed by atoms with van der Waals surface area (Å²) in [7, 11) is 0.